The van der Waals surface area contributed by atoms with Crippen LogP contribution in [0.15, 0.2) is 18.3 Å². The lowest BCUT2D eigenvalue weighted by Crippen LogP contribution is -2.24. The molecule has 0 aliphatic heterocycles. The molecule has 17 heavy (non-hydrogen) atoms. The van der Waals surface area contributed by atoms with Gasteiger partial charge in [-0.05, 0) is 19.1 Å². The maximum Gasteiger partial charge on any atom is 0.335 e. The van der Waals surface area contributed by atoms with Crippen LogP contribution in [-0.2, 0) is 10.0 Å². The zero-order valence-corrected chi connectivity index (χ0v) is 9.60. The third-order valence-electron chi connectivity index (χ3n) is 1.90. The summed E-state index contributed by atoms with van der Waals surface area (Å²) in [6, 6.07) is 3.87. The SMILES string of the molecule is CC(C#N)S(=O)(=O)Nc1cc(C(=O)O)ccn1. The van der Waals surface area contributed by atoms with Crippen molar-refractivity contribution in [3.05, 3.63) is 23.9 Å². The van der Waals surface area contributed by atoms with E-state index >= 15 is 0 Å². The van der Waals surface area contributed by atoms with Gasteiger partial charge in [0.15, 0.2) is 5.25 Å². The van der Waals surface area contributed by atoms with Gasteiger partial charge < -0.3 is 5.11 Å². The van der Waals surface area contributed by atoms with Crippen LogP contribution in [0.5, 0.6) is 0 Å². The lowest BCUT2D eigenvalue weighted by atomic mass is 10.3. The van der Waals surface area contributed by atoms with Gasteiger partial charge in [0.1, 0.15) is 5.82 Å². The third kappa shape index (κ3) is 3.15. The third-order valence-corrected chi connectivity index (χ3v) is 3.43. The molecule has 1 unspecified atom stereocenters. The molecule has 0 aliphatic carbocycles. The van der Waals surface area contributed by atoms with Crippen LogP contribution in [0.1, 0.15) is 17.3 Å². The Morgan fingerprint density at radius 3 is 2.82 bits per heavy atom. The largest absolute Gasteiger partial charge is 0.478 e. The lowest BCUT2D eigenvalue weighted by molar-refractivity contribution is 0.0697. The molecule has 0 fully saturated rings. The fourth-order valence-corrected chi connectivity index (χ4v) is 1.64. The Bertz CT molecular complexity index is 576. The Labute approximate surface area is 97.8 Å². The van der Waals surface area contributed by atoms with E-state index < -0.39 is 21.2 Å². The summed E-state index contributed by atoms with van der Waals surface area (Å²) in [7, 11) is -3.87. The summed E-state index contributed by atoms with van der Waals surface area (Å²) >= 11 is 0. The minimum Gasteiger partial charge on any atom is -0.478 e. The molecular weight excluding hydrogens is 246 g/mol. The van der Waals surface area contributed by atoms with E-state index in [9.17, 15) is 13.2 Å². The van der Waals surface area contributed by atoms with Crippen LogP contribution in [0.4, 0.5) is 5.82 Å². The number of nitrogens with zero attached hydrogens (tertiary/aromatic N) is 2. The van der Waals surface area contributed by atoms with E-state index in [1.54, 1.807) is 6.07 Å². The highest BCUT2D eigenvalue weighted by Gasteiger charge is 2.20. The van der Waals surface area contributed by atoms with Crippen molar-refractivity contribution in [1.82, 2.24) is 4.98 Å². The number of carboxylic acids is 1. The Morgan fingerprint density at radius 1 is 1.65 bits per heavy atom. The first-order valence-electron chi connectivity index (χ1n) is 4.47. The number of aromatic nitrogens is 1. The van der Waals surface area contributed by atoms with E-state index in [4.69, 9.17) is 10.4 Å². The maximum atomic E-state index is 11.5. The van der Waals surface area contributed by atoms with Crippen LogP contribution in [0, 0.1) is 11.3 Å². The maximum absolute atomic E-state index is 11.5. The number of nitriles is 1. The smallest absolute Gasteiger partial charge is 0.335 e. The summed E-state index contributed by atoms with van der Waals surface area (Å²) < 4.78 is 25.0. The predicted molar refractivity (Wildman–Crippen MR) is 58.8 cm³/mol. The number of aromatic carboxylic acids is 1. The van der Waals surface area contributed by atoms with Crippen molar-refractivity contribution in [2.24, 2.45) is 0 Å². The number of pyridine rings is 1. The highest BCUT2D eigenvalue weighted by Crippen LogP contribution is 2.11. The number of sulfonamides is 1. The molecule has 2 N–H and O–H groups in total. The zero-order chi connectivity index (χ0) is 13.1. The molecule has 0 aromatic carbocycles. The number of hydrogen-bond acceptors (Lipinski definition) is 5. The fourth-order valence-electron chi connectivity index (χ4n) is 0.923. The first-order chi connectivity index (χ1) is 7.86. The molecule has 1 aromatic rings. The summed E-state index contributed by atoms with van der Waals surface area (Å²) in [5.74, 6) is -1.33. The van der Waals surface area contributed by atoms with Crippen LogP contribution in [0.2, 0.25) is 0 Å². The second-order valence-corrected chi connectivity index (χ2v) is 5.15. The molecule has 0 saturated heterocycles. The van der Waals surface area contributed by atoms with Crippen LogP contribution >= 0.6 is 0 Å². The van der Waals surface area contributed by atoms with Gasteiger partial charge in [-0.1, -0.05) is 0 Å². The van der Waals surface area contributed by atoms with E-state index in [1.165, 1.54) is 19.2 Å². The molecular formula is C9H9N3O4S. The number of nitrogens with one attached hydrogen (secondary N) is 1. The number of hydrogen-bond donors (Lipinski definition) is 2. The van der Waals surface area contributed by atoms with Crippen molar-refractivity contribution in [2.45, 2.75) is 12.2 Å². The molecule has 0 amide bonds. The highest BCUT2D eigenvalue weighted by atomic mass is 32.2. The van der Waals surface area contributed by atoms with Gasteiger partial charge in [0, 0.05) is 6.20 Å². The summed E-state index contributed by atoms with van der Waals surface area (Å²) in [6.45, 7) is 1.21. The first kappa shape index (κ1) is 12.9. The minimum absolute atomic E-state index is 0.0951. The number of carbonyl (C=O) groups is 1. The van der Waals surface area contributed by atoms with Gasteiger partial charge in [0.05, 0.1) is 11.6 Å². The average Bonchev–Trinajstić information content (AvgIpc) is 2.27. The molecule has 7 nitrogen and oxygen atoms in total. The van der Waals surface area contributed by atoms with Crippen molar-refractivity contribution in [1.29, 1.82) is 5.26 Å². The van der Waals surface area contributed by atoms with Gasteiger partial charge in [-0.2, -0.15) is 5.26 Å². The topological polar surface area (TPSA) is 120 Å². The van der Waals surface area contributed by atoms with Crippen molar-refractivity contribution in [3.8, 4) is 6.07 Å². The zero-order valence-electron chi connectivity index (χ0n) is 8.78. The number of rotatable bonds is 4. The van der Waals surface area contributed by atoms with Gasteiger partial charge in [0.25, 0.3) is 0 Å². The Morgan fingerprint density at radius 2 is 2.29 bits per heavy atom. The monoisotopic (exact) mass is 255 g/mol. The van der Waals surface area contributed by atoms with Crippen molar-refractivity contribution < 1.29 is 18.3 Å². The van der Waals surface area contributed by atoms with Crippen molar-refractivity contribution in [2.75, 3.05) is 4.72 Å². The predicted octanol–water partition coefficient (Wildman–Crippen LogP) is 0.434. The van der Waals surface area contributed by atoms with Crippen LogP contribution < -0.4 is 4.72 Å². The Hall–Kier alpha value is -2.14. The average molecular weight is 255 g/mol. The molecule has 1 atom stereocenters. The van der Waals surface area contributed by atoms with E-state index in [-0.39, 0.29) is 11.4 Å². The minimum atomic E-state index is -3.87. The summed E-state index contributed by atoms with van der Waals surface area (Å²) in [5.41, 5.74) is -0.0951. The van der Waals surface area contributed by atoms with Gasteiger partial charge in [-0.3, -0.25) is 4.72 Å². The lowest BCUT2D eigenvalue weighted by Gasteiger charge is -2.08. The molecule has 0 saturated carbocycles. The van der Waals surface area contributed by atoms with Gasteiger partial charge in [-0.15, -0.1) is 0 Å². The molecule has 0 radical (unpaired) electrons. The van der Waals surface area contributed by atoms with Crippen LogP contribution in [-0.4, -0.2) is 29.7 Å². The Balaban J connectivity index is 3.01. The highest BCUT2D eigenvalue weighted by molar-refractivity contribution is 7.93. The molecule has 0 spiro atoms. The van der Waals surface area contributed by atoms with E-state index in [2.05, 4.69) is 4.98 Å². The summed E-state index contributed by atoms with van der Waals surface area (Å²) in [5, 5.41) is 16.0. The molecule has 1 heterocycles. The van der Waals surface area contributed by atoms with E-state index in [0.29, 0.717) is 0 Å². The second kappa shape index (κ2) is 4.80. The molecule has 8 heteroatoms. The van der Waals surface area contributed by atoms with Crippen LogP contribution in [0.25, 0.3) is 0 Å². The van der Waals surface area contributed by atoms with Gasteiger partial charge in [0.2, 0.25) is 10.0 Å². The number of carboxylic acid groups (broad SMARTS) is 1. The van der Waals surface area contributed by atoms with Crippen molar-refractivity contribution in [3.63, 3.8) is 0 Å². The fraction of sp³-hybridized carbons (Fsp3) is 0.222. The Kier molecular flexibility index (Phi) is 3.65. The molecule has 0 bridgehead atoms. The van der Waals surface area contributed by atoms with Gasteiger partial charge >= 0.3 is 5.97 Å². The van der Waals surface area contributed by atoms with E-state index in [1.807, 2.05) is 4.72 Å². The summed E-state index contributed by atoms with van der Waals surface area (Å²) in [4.78, 5) is 14.3. The second-order valence-electron chi connectivity index (χ2n) is 3.15. The molecule has 0 aliphatic rings. The molecule has 1 rings (SSSR count). The molecule has 1 aromatic heterocycles. The standard InChI is InChI=1S/C9H9N3O4S/c1-6(5-10)17(15,16)12-8-4-7(9(13)14)2-3-11-8/h2-4,6H,1H3,(H,11,12)(H,13,14). The summed E-state index contributed by atoms with van der Waals surface area (Å²) in [6.07, 6.45) is 1.17. The normalized spacial score (nSPS) is 12.5. The van der Waals surface area contributed by atoms with Crippen LogP contribution in [0.3, 0.4) is 0 Å². The molecule has 90 valence electrons. The van der Waals surface area contributed by atoms with E-state index in [0.717, 1.165) is 6.07 Å². The van der Waals surface area contributed by atoms with Crippen molar-refractivity contribution >= 4 is 21.8 Å². The first-order valence-corrected chi connectivity index (χ1v) is 6.02. The quantitative estimate of drug-likeness (QED) is 0.805. The number of anilines is 1. The van der Waals surface area contributed by atoms with Gasteiger partial charge in [-0.25, -0.2) is 18.2 Å².